The van der Waals surface area contributed by atoms with Gasteiger partial charge in [-0.2, -0.15) is 0 Å². The van der Waals surface area contributed by atoms with E-state index in [-0.39, 0.29) is 16.7 Å². The molecule has 112 valence electrons. The van der Waals surface area contributed by atoms with E-state index in [0.29, 0.717) is 5.56 Å². The summed E-state index contributed by atoms with van der Waals surface area (Å²) >= 11 is 0. The highest BCUT2D eigenvalue weighted by atomic mass is 16.7. The van der Waals surface area contributed by atoms with Gasteiger partial charge in [0.1, 0.15) is 0 Å². The molecular formula is C17H27NO2. The van der Waals surface area contributed by atoms with E-state index in [1.54, 1.807) is 7.05 Å². The van der Waals surface area contributed by atoms with Crippen LogP contribution in [0.3, 0.4) is 0 Å². The summed E-state index contributed by atoms with van der Waals surface area (Å²) < 4.78 is 0. The molecule has 0 aliphatic carbocycles. The van der Waals surface area contributed by atoms with E-state index in [2.05, 4.69) is 47.6 Å². The Balaban J connectivity index is 3.42. The zero-order valence-corrected chi connectivity index (χ0v) is 14.0. The summed E-state index contributed by atoms with van der Waals surface area (Å²) in [5.41, 5.74) is 3.01. The molecular weight excluding hydrogens is 250 g/mol. The van der Waals surface area contributed by atoms with Gasteiger partial charge < -0.3 is 0 Å². The normalized spacial score (nSPS) is 12.4. The van der Waals surface area contributed by atoms with Gasteiger partial charge in [-0.25, -0.2) is 5.06 Å². The Labute approximate surface area is 122 Å². The monoisotopic (exact) mass is 277 g/mol. The second-order valence-corrected chi connectivity index (χ2v) is 7.28. The van der Waals surface area contributed by atoms with Crippen molar-refractivity contribution in [3.8, 4) is 0 Å². The molecule has 0 saturated heterocycles. The van der Waals surface area contributed by atoms with Gasteiger partial charge in [-0.15, -0.1) is 0 Å². The van der Waals surface area contributed by atoms with Gasteiger partial charge in [0.15, 0.2) is 0 Å². The van der Waals surface area contributed by atoms with Crippen LogP contribution in [0.5, 0.6) is 0 Å². The molecule has 0 aromatic heterocycles. The van der Waals surface area contributed by atoms with Gasteiger partial charge in [0.05, 0.1) is 7.11 Å². The third-order valence-electron chi connectivity index (χ3n) is 3.47. The number of benzene rings is 1. The Morgan fingerprint density at radius 2 is 1.35 bits per heavy atom. The lowest BCUT2D eigenvalue weighted by Crippen LogP contribution is -2.27. The first-order valence-corrected chi connectivity index (χ1v) is 6.95. The van der Waals surface area contributed by atoms with Gasteiger partial charge in [0, 0.05) is 12.6 Å². The van der Waals surface area contributed by atoms with Gasteiger partial charge in [0.25, 0.3) is 5.91 Å². The molecule has 0 spiro atoms. The minimum atomic E-state index is -0.121. The van der Waals surface area contributed by atoms with E-state index in [0.717, 1.165) is 11.1 Å². The molecule has 0 bridgehead atoms. The molecule has 1 amide bonds. The highest BCUT2D eigenvalue weighted by Gasteiger charge is 2.23. The van der Waals surface area contributed by atoms with E-state index in [9.17, 15) is 4.79 Å². The molecule has 1 rings (SSSR count). The summed E-state index contributed by atoms with van der Waals surface area (Å²) in [7, 11) is 3.12. The fourth-order valence-electron chi connectivity index (χ4n) is 1.88. The molecule has 0 unspecified atom stereocenters. The number of carbonyl (C=O) groups is 1. The van der Waals surface area contributed by atoms with Gasteiger partial charge in [-0.1, -0.05) is 47.6 Å². The Morgan fingerprint density at radius 3 is 1.65 bits per heavy atom. The number of nitrogens with zero attached hydrogens (tertiary/aromatic N) is 1. The number of hydrogen-bond acceptors (Lipinski definition) is 2. The highest BCUT2D eigenvalue weighted by molar-refractivity contribution is 5.93. The Morgan fingerprint density at radius 1 is 0.950 bits per heavy atom. The SMILES string of the molecule is CON(C)C(=O)c1cc(C(C)(C)C)cc(C(C)(C)C)c1. The zero-order chi connectivity index (χ0) is 15.7. The molecule has 3 nitrogen and oxygen atoms in total. The van der Waals surface area contributed by atoms with Crippen molar-refractivity contribution in [1.29, 1.82) is 0 Å². The van der Waals surface area contributed by atoms with Crippen LogP contribution in [0.4, 0.5) is 0 Å². The standard InChI is InChI=1S/C17H27NO2/c1-16(2,3)13-9-12(15(19)18(7)20-8)10-14(11-13)17(4,5)6/h9-11H,1-8H3. The second kappa shape index (κ2) is 5.57. The Bertz CT molecular complexity index is 460. The molecule has 1 aromatic carbocycles. The molecule has 0 radical (unpaired) electrons. The number of rotatable bonds is 2. The topological polar surface area (TPSA) is 29.5 Å². The van der Waals surface area contributed by atoms with Crippen LogP contribution in [-0.4, -0.2) is 25.1 Å². The lowest BCUT2D eigenvalue weighted by atomic mass is 9.79. The average Bonchev–Trinajstić information content (AvgIpc) is 2.34. The molecule has 0 fully saturated rings. The van der Waals surface area contributed by atoms with Crippen LogP contribution in [-0.2, 0) is 15.7 Å². The molecule has 0 aliphatic rings. The summed E-state index contributed by atoms with van der Waals surface area (Å²) in [6.45, 7) is 12.9. The minimum absolute atomic E-state index is 0.00192. The Kier molecular flexibility index (Phi) is 4.65. The van der Waals surface area contributed by atoms with Crippen LogP contribution in [0.2, 0.25) is 0 Å². The van der Waals surface area contributed by atoms with Crippen molar-refractivity contribution >= 4 is 5.91 Å². The number of carbonyl (C=O) groups excluding carboxylic acids is 1. The van der Waals surface area contributed by atoms with Crippen LogP contribution < -0.4 is 0 Å². The lowest BCUT2D eigenvalue weighted by molar-refractivity contribution is -0.0757. The maximum absolute atomic E-state index is 12.3. The molecule has 20 heavy (non-hydrogen) atoms. The molecule has 1 aromatic rings. The summed E-state index contributed by atoms with van der Waals surface area (Å²) in [4.78, 5) is 17.3. The smallest absolute Gasteiger partial charge is 0.274 e. The van der Waals surface area contributed by atoms with Gasteiger partial charge in [-0.05, 0) is 34.1 Å². The van der Waals surface area contributed by atoms with E-state index < -0.39 is 0 Å². The summed E-state index contributed by atoms with van der Waals surface area (Å²) in [6, 6.07) is 6.13. The minimum Gasteiger partial charge on any atom is -0.274 e. The van der Waals surface area contributed by atoms with E-state index >= 15 is 0 Å². The summed E-state index contributed by atoms with van der Waals surface area (Å²) in [6.07, 6.45) is 0. The predicted octanol–water partition coefficient (Wildman–Crippen LogP) is 3.92. The largest absolute Gasteiger partial charge is 0.277 e. The van der Waals surface area contributed by atoms with Crippen LogP contribution >= 0.6 is 0 Å². The third kappa shape index (κ3) is 3.83. The van der Waals surface area contributed by atoms with Gasteiger partial charge in [-0.3, -0.25) is 9.63 Å². The number of amides is 1. The first-order chi connectivity index (χ1) is 8.96. The molecule has 0 saturated carbocycles. The molecule has 0 heterocycles. The third-order valence-corrected chi connectivity index (χ3v) is 3.47. The van der Waals surface area contributed by atoms with E-state index in [4.69, 9.17) is 4.84 Å². The van der Waals surface area contributed by atoms with Crippen molar-refractivity contribution in [3.05, 3.63) is 34.9 Å². The summed E-state index contributed by atoms with van der Waals surface area (Å²) in [5.74, 6) is -0.121. The lowest BCUT2D eigenvalue weighted by Gasteiger charge is -2.26. The highest BCUT2D eigenvalue weighted by Crippen LogP contribution is 2.30. The van der Waals surface area contributed by atoms with Crippen molar-refractivity contribution in [2.45, 2.75) is 52.4 Å². The zero-order valence-electron chi connectivity index (χ0n) is 14.0. The van der Waals surface area contributed by atoms with Crippen molar-refractivity contribution in [2.24, 2.45) is 0 Å². The first-order valence-electron chi connectivity index (χ1n) is 6.95. The molecule has 3 heteroatoms. The molecule has 0 aliphatic heterocycles. The number of hydroxylamine groups is 2. The fraction of sp³-hybridized carbons (Fsp3) is 0.588. The average molecular weight is 277 g/mol. The second-order valence-electron chi connectivity index (χ2n) is 7.28. The van der Waals surface area contributed by atoms with E-state index in [1.807, 2.05) is 12.1 Å². The van der Waals surface area contributed by atoms with Crippen LogP contribution in [0.25, 0.3) is 0 Å². The van der Waals surface area contributed by atoms with Crippen molar-refractivity contribution in [2.75, 3.05) is 14.2 Å². The number of hydrogen-bond donors (Lipinski definition) is 0. The van der Waals surface area contributed by atoms with Gasteiger partial charge >= 0.3 is 0 Å². The van der Waals surface area contributed by atoms with Crippen LogP contribution in [0, 0.1) is 0 Å². The van der Waals surface area contributed by atoms with Crippen molar-refractivity contribution in [1.82, 2.24) is 5.06 Å². The van der Waals surface area contributed by atoms with Crippen LogP contribution in [0.1, 0.15) is 63.0 Å². The maximum Gasteiger partial charge on any atom is 0.277 e. The van der Waals surface area contributed by atoms with Crippen molar-refractivity contribution in [3.63, 3.8) is 0 Å². The molecule has 0 atom stereocenters. The van der Waals surface area contributed by atoms with Gasteiger partial charge in [0.2, 0.25) is 0 Å². The van der Waals surface area contributed by atoms with Crippen LogP contribution in [0.15, 0.2) is 18.2 Å². The fourth-order valence-corrected chi connectivity index (χ4v) is 1.88. The quantitative estimate of drug-likeness (QED) is 0.767. The van der Waals surface area contributed by atoms with Crippen molar-refractivity contribution < 1.29 is 9.63 Å². The van der Waals surface area contributed by atoms with E-state index in [1.165, 1.54) is 12.2 Å². The molecule has 0 N–H and O–H groups in total. The maximum atomic E-state index is 12.3. The predicted molar refractivity (Wildman–Crippen MR) is 82.9 cm³/mol. The Hall–Kier alpha value is -1.35. The first kappa shape index (κ1) is 16.7. The summed E-state index contributed by atoms with van der Waals surface area (Å²) in [5, 5.41) is 1.26.